The Morgan fingerprint density at radius 2 is 1.64 bits per heavy atom. The molecule has 44 heavy (non-hydrogen) atoms. The number of sulfonamides is 1. The van der Waals surface area contributed by atoms with E-state index in [1.165, 1.54) is 37.3 Å². The number of ether oxygens (including phenoxy) is 2. The molecular formula is C32H37Cl2N3O6S. The van der Waals surface area contributed by atoms with Crippen LogP contribution >= 0.6 is 23.2 Å². The fourth-order valence-corrected chi connectivity index (χ4v) is 6.89. The van der Waals surface area contributed by atoms with E-state index in [-0.39, 0.29) is 34.8 Å². The summed E-state index contributed by atoms with van der Waals surface area (Å²) in [6.45, 7) is 2.84. The van der Waals surface area contributed by atoms with Crippen molar-refractivity contribution < 1.29 is 27.5 Å². The first-order chi connectivity index (χ1) is 20.9. The molecule has 236 valence electrons. The highest BCUT2D eigenvalue weighted by Gasteiger charge is 2.34. The minimum atomic E-state index is -4.30. The molecular weight excluding hydrogens is 625 g/mol. The Morgan fingerprint density at radius 3 is 2.25 bits per heavy atom. The number of aryl methyl sites for hydroxylation is 1. The lowest BCUT2D eigenvalue weighted by Crippen LogP contribution is -2.52. The second-order valence-corrected chi connectivity index (χ2v) is 13.5. The maximum Gasteiger partial charge on any atom is 0.264 e. The Morgan fingerprint density at radius 1 is 0.955 bits per heavy atom. The van der Waals surface area contributed by atoms with Gasteiger partial charge in [-0.2, -0.15) is 0 Å². The van der Waals surface area contributed by atoms with Gasteiger partial charge >= 0.3 is 0 Å². The zero-order valence-electron chi connectivity index (χ0n) is 25.2. The van der Waals surface area contributed by atoms with Crippen molar-refractivity contribution in [2.24, 2.45) is 0 Å². The molecule has 0 bridgehead atoms. The maximum absolute atomic E-state index is 14.3. The van der Waals surface area contributed by atoms with Crippen LogP contribution < -0.4 is 19.1 Å². The molecule has 3 aromatic carbocycles. The van der Waals surface area contributed by atoms with Crippen LogP contribution in [0.2, 0.25) is 10.0 Å². The largest absolute Gasteiger partial charge is 0.497 e. The normalized spacial score (nSPS) is 14.1. The molecule has 1 N–H and O–H groups in total. The third-order valence-electron chi connectivity index (χ3n) is 7.75. The SMILES string of the molecule is COc1ccc(OC)c(N(CC(=O)N(Cc2ccc(Cl)c(Cl)c2)[C@@H](C)C(=O)NC2CCCC2)S(=O)(=O)c2ccc(C)cc2)c1. The number of carbonyl (C=O) groups excluding carboxylic acids is 2. The van der Waals surface area contributed by atoms with E-state index in [2.05, 4.69) is 5.32 Å². The van der Waals surface area contributed by atoms with Gasteiger partial charge in [-0.05, 0) is 68.7 Å². The minimum absolute atomic E-state index is 0.0103. The summed E-state index contributed by atoms with van der Waals surface area (Å²) in [6.07, 6.45) is 3.80. The molecule has 2 amide bonds. The topological polar surface area (TPSA) is 105 Å². The molecule has 4 rings (SSSR count). The first-order valence-electron chi connectivity index (χ1n) is 14.3. The molecule has 3 aromatic rings. The number of methoxy groups -OCH3 is 2. The Labute approximate surface area is 269 Å². The summed E-state index contributed by atoms with van der Waals surface area (Å²) in [5.74, 6) is -0.338. The van der Waals surface area contributed by atoms with E-state index in [0.29, 0.717) is 21.4 Å². The second kappa shape index (κ2) is 14.5. The van der Waals surface area contributed by atoms with Crippen LogP contribution in [0.25, 0.3) is 0 Å². The fourth-order valence-electron chi connectivity index (χ4n) is 5.15. The number of nitrogens with zero attached hydrogens (tertiary/aromatic N) is 2. The fraction of sp³-hybridized carbons (Fsp3) is 0.375. The van der Waals surface area contributed by atoms with Crippen LogP contribution in [0, 0.1) is 6.92 Å². The summed E-state index contributed by atoms with van der Waals surface area (Å²) in [7, 11) is -1.43. The van der Waals surface area contributed by atoms with Crippen LogP contribution in [0.15, 0.2) is 65.6 Å². The predicted molar refractivity (Wildman–Crippen MR) is 172 cm³/mol. The van der Waals surface area contributed by atoms with E-state index in [1.807, 2.05) is 6.92 Å². The van der Waals surface area contributed by atoms with Gasteiger partial charge in [-0.15, -0.1) is 0 Å². The molecule has 0 unspecified atom stereocenters. The van der Waals surface area contributed by atoms with Gasteiger partial charge in [0.15, 0.2) is 0 Å². The third kappa shape index (κ3) is 7.78. The van der Waals surface area contributed by atoms with Crippen LogP contribution in [-0.4, -0.2) is 58.0 Å². The third-order valence-corrected chi connectivity index (χ3v) is 10.3. The summed E-state index contributed by atoms with van der Waals surface area (Å²) >= 11 is 12.4. The highest BCUT2D eigenvalue weighted by atomic mass is 35.5. The van der Waals surface area contributed by atoms with Crippen molar-refractivity contribution in [3.05, 3.63) is 81.8 Å². The Kier molecular flexibility index (Phi) is 11.0. The van der Waals surface area contributed by atoms with Gasteiger partial charge in [-0.3, -0.25) is 13.9 Å². The summed E-state index contributed by atoms with van der Waals surface area (Å²) in [5, 5.41) is 3.70. The summed E-state index contributed by atoms with van der Waals surface area (Å²) in [6, 6.07) is 15.1. The molecule has 0 spiro atoms. The zero-order chi connectivity index (χ0) is 32.0. The van der Waals surface area contributed by atoms with Gasteiger partial charge in [-0.25, -0.2) is 8.42 Å². The average molecular weight is 663 g/mol. The van der Waals surface area contributed by atoms with Crippen LogP contribution in [0.1, 0.15) is 43.7 Å². The van der Waals surface area contributed by atoms with Crippen LogP contribution in [0.3, 0.4) is 0 Å². The maximum atomic E-state index is 14.3. The number of carbonyl (C=O) groups is 2. The number of nitrogens with one attached hydrogen (secondary N) is 1. The zero-order valence-corrected chi connectivity index (χ0v) is 27.5. The Hall–Kier alpha value is -3.47. The van der Waals surface area contributed by atoms with E-state index in [1.54, 1.807) is 49.4 Å². The Bertz CT molecular complexity index is 1590. The highest BCUT2D eigenvalue weighted by molar-refractivity contribution is 7.92. The molecule has 0 saturated heterocycles. The smallest absolute Gasteiger partial charge is 0.264 e. The van der Waals surface area contributed by atoms with E-state index in [9.17, 15) is 18.0 Å². The van der Waals surface area contributed by atoms with E-state index < -0.39 is 28.5 Å². The van der Waals surface area contributed by atoms with Crippen LogP contribution in [0.4, 0.5) is 5.69 Å². The standard InChI is InChI=1S/C32H37Cl2N3O6S/c1-21-9-13-26(14-10-21)44(40,41)37(29-18-25(42-3)12-16-30(29)43-4)20-31(38)36(19-23-11-15-27(33)28(34)17-23)22(2)32(39)35-24-7-5-6-8-24/h9-18,22,24H,5-8,19-20H2,1-4H3,(H,35,39)/t22-/m0/s1. The number of rotatable bonds is 12. The lowest BCUT2D eigenvalue weighted by Gasteiger charge is -2.33. The molecule has 1 aliphatic carbocycles. The lowest BCUT2D eigenvalue weighted by atomic mass is 10.1. The summed E-state index contributed by atoms with van der Waals surface area (Å²) in [5.41, 5.74) is 1.61. The van der Waals surface area contributed by atoms with Crippen molar-refractivity contribution in [1.82, 2.24) is 10.2 Å². The quantitative estimate of drug-likeness (QED) is 0.256. The van der Waals surface area contributed by atoms with Gasteiger partial charge in [0.1, 0.15) is 24.1 Å². The lowest BCUT2D eigenvalue weighted by molar-refractivity contribution is -0.139. The highest BCUT2D eigenvalue weighted by Crippen LogP contribution is 2.36. The van der Waals surface area contributed by atoms with E-state index in [0.717, 1.165) is 35.6 Å². The molecule has 0 aliphatic heterocycles. The molecule has 9 nitrogen and oxygen atoms in total. The van der Waals surface area contributed by atoms with E-state index in [4.69, 9.17) is 32.7 Å². The predicted octanol–water partition coefficient (Wildman–Crippen LogP) is 5.99. The van der Waals surface area contributed by atoms with Crippen molar-refractivity contribution in [2.45, 2.75) is 63.1 Å². The first-order valence-corrected chi connectivity index (χ1v) is 16.5. The van der Waals surface area contributed by atoms with Crippen LogP contribution in [0.5, 0.6) is 11.5 Å². The van der Waals surface area contributed by atoms with Gasteiger partial charge in [0.05, 0.1) is 34.8 Å². The van der Waals surface area contributed by atoms with Gasteiger partial charge < -0.3 is 19.7 Å². The van der Waals surface area contributed by atoms with Crippen molar-refractivity contribution >= 4 is 50.7 Å². The number of hydrogen-bond acceptors (Lipinski definition) is 6. The minimum Gasteiger partial charge on any atom is -0.497 e. The number of benzene rings is 3. The first kappa shape index (κ1) is 33.4. The Balaban J connectivity index is 1.76. The van der Waals surface area contributed by atoms with Crippen molar-refractivity contribution in [2.75, 3.05) is 25.1 Å². The summed E-state index contributed by atoms with van der Waals surface area (Å²) in [4.78, 5) is 29.0. The monoisotopic (exact) mass is 661 g/mol. The number of hydrogen-bond donors (Lipinski definition) is 1. The van der Waals surface area contributed by atoms with Gasteiger partial charge in [0.25, 0.3) is 10.0 Å². The van der Waals surface area contributed by atoms with Crippen molar-refractivity contribution in [3.63, 3.8) is 0 Å². The number of amides is 2. The second-order valence-electron chi connectivity index (χ2n) is 10.8. The molecule has 1 aliphatic rings. The molecule has 12 heteroatoms. The molecule has 1 atom stereocenters. The molecule has 1 fully saturated rings. The number of anilines is 1. The number of halogens is 2. The van der Waals surface area contributed by atoms with Crippen molar-refractivity contribution in [3.8, 4) is 11.5 Å². The van der Waals surface area contributed by atoms with Crippen molar-refractivity contribution in [1.29, 1.82) is 0 Å². The molecule has 0 aromatic heterocycles. The molecule has 0 radical (unpaired) electrons. The van der Waals surface area contributed by atoms with Gasteiger partial charge in [0.2, 0.25) is 11.8 Å². The molecule has 0 heterocycles. The van der Waals surface area contributed by atoms with Gasteiger partial charge in [-0.1, -0.05) is 59.8 Å². The average Bonchev–Trinajstić information content (AvgIpc) is 3.52. The molecule has 1 saturated carbocycles. The van der Waals surface area contributed by atoms with E-state index >= 15 is 0 Å². The van der Waals surface area contributed by atoms with Gasteiger partial charge in [0, 0.05) is 18.7 Å². The van der Waals surface area contributed by atoms with Crippen LogP contribution in [-0.2, 0) is 26.2 Å². The summed E-state index contributed by atoms with van der Waals surface area (Å²) < 4.78 is 40.3.